The summed E-state index contributed by atoms with van der Waals surface area (Å²) >= 11 is 11.6. The number of aliphatic hydroxyl groups excluding tert-OH is 1. The fourth-order valence-corrected chi connectivity index (χ4v) is 1.17. The first kappa shape index (κ1) is 10.6. The van der Waals surface area contributed by atoms with Crippen molar-refractivity contribution in [3.8, 4) is 5.75 Å². The maximum absolute atomic E-state index is 8.53. The first-order valence-electron chi connectivity index (χ1n) is 3.93. The van der Waals surface area contributed by atoms with E-state index in [9.17, 15) is 0 Å². The van der Waals surface area contributed by atoms with Gasteiger partial charge in [0, 0.05) is 24.1 Å². The molecule has 0 saturated carbocycles. The minimum Gasteiger partial charge on any atom is -0.492 e. The van der Waals surface area contributed by atoms with Crippen molar-refractivity contribution in [1.82, 2.24) is 0 Å². The minimum absolute atomic E-state index is 0.109. The number of ether oxygens (including phenoxy) is 1. The predicted octanol–water partition coefficient (Wildman–Crippen LogP) is 2.75. The molecular formula is C9H10Cl2O2. The van der Waals surface area contributed by atoms with Crippen LogP contribution in [0, 0.1) is 0 Å². The van der Waals surface area contributed by atoms with Crippen LogP contribution in [0.5, 0.6) is 5.75 Å². The Hall–Kier alpha value is -0.440. The van der Waals surface area contributed by atoms with Gasteiger partial charge in [0.25, 0.3) is 0 Å². The lowest BCUT2D eigenvalue weighted by Gasteiger charge is -2.06. The lowest BCUT2D eigenvalue weighted by molar-refractivity contribution is 0.233. The van der Waals surface area contributed by atoms with Gasteiger partial charge in [-0.05, 0) is 12.1 Å². The van der Waals surface area contributed by atoms with Gasteiger partial charge in [-0.25, -0.2) is 0 Å². The van der Waals surface area contributed by atoms with Crippen molar-refractivity contribution in [2.45, 2.75) is 6.42 Å². The molecule has 2 nitrogen and oxygen atoms in total. The number of rotatable bonds is 4. The quantitative estimate of drug-likeness (QED) is 0.792. The highest BCUT2D eigenvalue weighted by Crippen LogP contribution is 2.27. The first-order chi connectivity index (χ1) is 6.24. The second-order valence-electron chi connectivity index (χ2n) is 2.50. The van der Waals surface area contributed by atoms with E-state index in [0.717, 1.165) is 0 Å². The van der Waals surface area contributed by atoms with E-state index in [0.29, 0.717) is 28.8 Å². The second-order valence-corrected chi connectivity index (χ2v) is 3.34. The van der Waals surface area contributed by atoms with Crippen molar-refractivity contribution >= 4 is 23.2 Å². The Bertz CT molecular complexity index is 276. The number of hydrogen-bond donors (Lipinski definition) is 1. The molecule has 0 aromatic heterocycles. The zero-order valence-electron chi connectivity index (χ0n) is 6.96. The van der Waals surface area contributed by atoms with Gasteiger partial charge in [0.05, 0.1) is 11.6 Å². The van der Waals surface area contributed by atoms with Gasteiger partial charge in [-0.1, -0.05) is 23.2 Å². The number of aliphatic hydroxyl groups is 1. The average Bonchev–Trinajstić information content (AvgIpc) is 2.11. The maximum Gasteiger partial charge on any atom is 0.139 e. The Morgan fingerprint density at radius 3 is 2.77 bits per heavy atom. The molecule has 0 spiro atoms. The highest BCUT2D eigenvalue weighted by Gasteiger charge is 2.01. The van der Waals surface area contributed by atoms with E-state index >= 15 is 0 Å². The summed E-state index contributed by atoms with van der Waals surface area (Å²) in [6.07, 6.45) is 0.586. The molecule has 0 fully saturated rings. The summed E-state index contributed by atoms with van der Waals surface area (Å²) in [5.41, 5.74) is 0. The molecule has 0 saturated heterocycles. The van der Waals surface area contributed by atoms with Crippen LogP contribution in [-0.4, -0.2) is 18.3 Å². The van der Waals surface area contributed by atoms with Crippen LogP contribution >= 0.6 is 23.2 Å². The van der Waals surface area contributed by atoms with Crippen molar-refractivity contribution in [2.75, 3.05) is 13.2 Å². The first-order valence-corrected chi connectivity index (χ1v) is 4.68. The van der Waals surface area contributed by atoms with E-state index in [4.69, 9.17) is 33.0 Å². The van der Waals surface area contributed by atoms with Crippen LogP contribution in [0.3, 0.4) is 0 Å². The highest BCUT2D eigenvalue weighted by atomic mass is 35.5. The smallest absolute Gasteiger partial charge is 0.139 e. The molecule has 13 heavy (non-hydrogen) atoms. The van der Waals surface area contributed by atoms with Crippen molar-refractivity contribution in [3.63, 3.8) is 0 Å². The molecule has 1 aromatic carbocycles. The Morgan fingerprint density at radius 2 is 2.08 bits per heavy atom. The molecule has 1 N–H and O–H groups in total. The molecule has 0 aliphatic rings. The van der Waals surface area contributed by atoms with Crippen molar-refractivity contribution < 1.29 is 9.84 Å². The summed E-state index contributed by atoms with van der Waals surface area (Å²) in [5, 5.41) is 9.65. The van der Waals surface area contributed by atoms with E-state index in [1.54, 1.807) is 18.2 Å². The van der Waals surface area contributed by atoms with E-state index in [-0.39, 0.29) is 6.61 Å². The Kier molecular flexibility index (Phi) is 4.36. The largest absolute Gasteiger partial charge is 0.492 e. The van der Waals surface area contributed by atoms with E-state index in [1.807, 2.05) is 0 Å². The van der Waals surface area contributed by atoms with Gasteiger partial charge in [-0.15, -0.1) is 0 Å². The summed E-state index contributed by atoms with van der Waals surface area (Å²) < 4.78 is 5.28. The molecule has 4 heteroatoms. The van der Waals surface area contributed by atoms with Crippen molar-refractivity contribution in [2.24, 2.45) is 0 Å². The summed E-state index contributed by atoms with van der Waals surface area (Å²) in [6, 6.07) is 5.03. The normalized spacial score (nSPS) is 10.1. The molecule has 0 unspecified atom stereocenters. The SMILES string of the molecule is OCCCOc1cc(Cl)ccc1Cl. The summed E-state index contributed by atoms with van der Waals surface area (Å²) in [5.74, 6) is 0.558. The molecule has 0 atom stereocenters. The van der Waals surface area contributed by atoms with Crippen LogP contribution in [0.4, 0.5) is 0 Å². The molecule has 72 valence electrons. The van der Waals surface area contributed by atoms with Gasteiger partial charge in [0.1, 0.15) is 5.75 Å². The highest BCUT2D eigenvalue weighted by molar-refractivity contribution is 6.34. The molecule has 0 heterocycles. The third kappa shape index (κ3) is 3.43. The van der Waals surface area contributed by atoms with Crippen LogP contribution in [0.15, 0.2) is 18.2 Å². The van der Waals surface area contributed by atoms with Crippen molar-refractivity contribution in [1.29, 1.82) is 0 Å². The number of benzene rings is 1. The molecule has 0 aliphatic heterocycles. The van der Waals surface area contributed by atoms with Gasteiger partial charge >= 0.3 is 0 Å². The molecular weight excluding hydrogens is 211 g/mol. The molecule has 0 bridgehead atoms. The minimum atomic E-state index is 0.109. The molecule has 0 radical (unpaired) electrons. The molecule has 0 amide bonds. The Morgan fingerprint density at radius 1 is 1.31 bits per heavy atom. The topological polar surface area (TPSA) is 29.5 Å². The van der Waals surface area contributed by atoms with Crippen molar-refractivity contribution in [3.05, 3.63) is 28.2 Å². The Labute approximate surface area is 87.0 Å². The predicted molar refractivity (Wildman–Crippen MR) is 53.7 cm³/mol. The third-order valence-corrected chi connectivity index (χ3v) is 2.00. The van der Waals surface area contributed by atoms with Gasteiger partial charge in [0.2, 0.25) is 0 Å². The maximum atomic E-state index is 8.53. The molecule has 0 aliphatic carbocycles. The second kappa shape index (κ2) is 5.32. The van der Waals surface area contributed by atoms with Gasteiger partial charge in [-0.2, -0.15) is 0 Å². The van der Waals surface area contributed by atoms with E-state index in [2.05, 4.69) is 0 Å². The van der Waals surface area contributed by atoms with Crippen LogP contribution in [-0.2, 0) is 0 Å². The Balaban J connectivity index is 2.59. The zero-order chi connectivity index (χ0) is 9.68. The van der Waals surface area contributed by atoms with Gasteiger partial charge in [0.15, 0.2) is 0 Å². The van der Waals surface area contributed by atoms with E-state index < -0.39 is 0 Å². The number of hydrogen-bond acceptors (Lipinski definition) is 2. The monoisotopic (exact) mass is 220 g/mol. The number of halogens is 2. The lowest BCUT2D eigenvalue weighted by Crippen LogP contribution is -1.99. The van der Waals surface area contributed by atoms with E-state index in [1.165, 1.54) is 0 Å². The summed E-state index contributed by atoms with van der Waals surface area (Å²) in [7, 11) is 0. The third-order valence-electron chi connectivity index (χ3n) is 1.45. The summed E-state index contributed by atoms with van der Waals surface area (Å²) in [4.78, 5) is 0. The van der Waals surface area contributed by atoms with Crippen LogP contribution in [0.1, 0.15) is 6.42 Å². The van der Waals surface area contributed by atoms with Crippen LogP contribution in [0.25, 0.3) is 0 Å². The lowest BCUT2D eigenvalue weighted by atomic mass is 10.3. The average molecular weight is 221 g/mol. The standard InChI is InChI=1S/C9H10Cl2O2/c10-7-2-3-8(11)9(6-7)13-5-1-4-12/h2-3,6,12H,1,4-5H2. The van der Waals surface area contributed by atoms with Crippen LogP contribution < -0.4 is 4.74 Å². The molecule has 1 rings (SSSR count). The summed E-state index contributed by atoms with van der Waals surface area (Å²) in [6.45, 7) is 0.550. The fraction of sp³-hybridized carbons (Fsp3) is 0.333. The molecule has 1 aromatic rings. The zero-order valence-corrected chi connectivity index (χ0v) is 8.48. The van der Waals surface area contributed by atoms with Gasteiger partial charge < -0.3 is 9.84 Å². The fourth-order valence-electron chi connectivity index (χ4n) is 0.834. The van der Waals surface area contributed by atoms with Gasteiger partial charge in [-0.3, -0.25) is 0 Å². The van der Waals surface area contributed by atoms with Crippen LogP contribution in [0.2, 0.25) is 10.0 Å².